The normalized spacial score (nSPS) is 44.2. The predicted molar refractivity (Wildman–Crippen MR) is 113 cm³/mol. The Labute approximate surface area is 170 Å². The van der Waals surface area contributed by atoms with Gasteiger partial charge in [0.2, 0.25) is 0 Å². The Kier molecular flexibility index (Phi) is 4.37. The molecule has 28 heavy (non-hydrogen) atoms. The Bertz CT molecular complexity index is 807. The second-order valence-corrected chi connectivity index (χ2v) is 10.7. The summed E-state index contributed by atoms with van der Waals surface area (Å²) in [5.74, 6) is 3.55. The number of rotatable bonds is 2. The highest BCUT2D eigenvalue weighted by Gasteiger charge is 2.60. The number of hydrogen-bond donors (Lipinski definition) is 0. The van der Waals surface area contributed by atoms with Gasteiger partial charge in [0.15, 0.2) is 5.78 Å². The molecule has 0 aliphatic heterocycles. The van der Waals surface area contributed by atoms with Crippen LogP contribution in [0.25, 0.3) is 6.08 Å². The standard InChI is InChI=1S/C25H36N2O/c1-4-27-16-17(15-26-27)13-18-14-22-20-9-8-19-7-5-6-11-24(19,2)21(20)10-12-25(22,3)23(18)28/h13,15-16,19-22H,4-12,14H2,1-3H3/b18-13+/t19-,20-,21+,22+,24-,25+/m0/s1. The third kappa shape index (κ3) is 2.60. The topological polar surface area (TPSA) is 34.9 Å². The van der Waals surface area contributed by atoms with Gasteiger partial charge < -0.3 is 0 Å². The van der Waals surface area contributed by atoms with Crippen molar-refractivity contribution in [1.29, 1.82) is 0 Å². The Balaban J connectivity index is 1.45. The fourth-order valence-corrected chi connectivity index (χ4v) is 7.92. The molecule has 1 aromatic rings. The third-order valence-corrected chi connectivity index (χ3v) is 9.54. The van der Waals surface area contributed by atoms with Crippen LogP contribution in [-0.2, 0) is 11.3 Å². The molecule has 4 aliphatic carbocycles. The van der Waals surface area contributed by atoms with E-state index in [1.54, 1.807) is 0 Å². The van der Waals surface area contributed by atoms with Crippen molar-refractivity contribution in [3.05, 3.63) is 23.5 Å². The summed E-state index contributed by atoms with van der Waals surface area (Å²) in [6.07, 6.45) is 18.0. The van der Waals surface area contributed by atoms with E-state index in [2.05, 4.69) is 38.1 Å². The monoisotopic (exact) mass is 380 g/mol. The van der Waals surface area contributed by atoms with E-state index in [1.165, 1.54) is 44.9 Å². The van der Waals surface area contributed by atoms with Crippen LogP contribution in [0.15, 0.2) is 18.0 Å². The van der Waals surface area contributed by atoms with Gasteiger partial charge in [0.1, 0.15) is 0 Å². The van der Waals surface area contributed by atoms with Gasteiger partial charge in [-0.2, -0.15) is 5.10 Å². The predicted octanol–water partition coefficient (Wildman–Crippen LogP) is 5.90. The van der Waals surface area contributed by atoms with Crippen molar-refractivity contribution in [2.24, 2.45) is 34.5 Å². The van der Waals surface area contributed by atoms with Crippen LogP contribution in [0.4, 0.5) is 0 Å². The molecule has 0 aromatic carbocycles. The molecule has 4 fully saturated rings. The SMILES string of the molecule is CCn1cc(/C=C2\C[C@@H]3[C@H]4CC[C@@H]5CCCC[C@]5(C)[C@@H]4CC[C@@]3(C)C2=O)cn1. The summed E-state index contributed by atoms with van der Waals surface area (Å²) in [6, 6.07) is 0. The average molecular weight is 381 g/mol. The summed E-state index contributed by atoms with van der Waals surface area (Å²) < 4.78 is 1.95. The Hall–Kier alpha value is -1.38. The maximum Gasteiger partial charge on any atom is 0.165 e. The number of carbonyl (C=O) groups excluding carboxylic acids is 1. The second-order valence-electron chi connectivity index (χ2n) is 10.7. The zero-order valence-corrected chi connectivity index (χ0v) is 17.9. The first-order valence-corrected chi connectivity index (χ1v) is 11.7. The molecule has 152 valence electrons. The molecule has 4 saturated carbocycles. The molecule has 0 amide bonds. The number of fused-ring (bicyclic) bond motifs is 5. The van der Waals surface area contributed by atoms with Gasteiger partial charge in [0.25, 0.3) is 0 Å². The minimum absolute atomic E-state index is 0.119. The van der Waals surface area contributed by atoms with Crippen LogP contribution in [0.1, 0.15) is 84.1 Å². The molecule has 3 heteroatoms. The molecular weight excluding hydrogens is 344 g/mol. The fourth-order valence-electron chi connectivity index (χ4n) is 7.92. The van der Waals surface area contributed by atoms with Crippen LogP contribution in [0.2, 0.25) is 0 Å². The van der Waals surface area contributed by atoms with E-state index in [4.69, 9.17) is 0 Å². The smallest absolute Gasteiger partial charge is 0.165 e. The molecule has 5 rings (SSSR count). The summed E-state index contributed by atoms with van der Waals surface area (Å²) in [4.78, 5) is 13.5. The van der Waals surface area contributed by atoms with E-state index in [0.717, 1.165) is 48.3 Å². The molecule has 1 heterocycles. The fraction of sp³-hybridized carbons (Fsp3) is 0.760. The number of ketones is 1. The highest BCUT2D eigenvalue weighted by molar-refractivity contribution is 6.05. The molecule has 0 bridgehead atoms. The second kappa shape index (κ2) is 6.57. The van der Waals surface area contributed by atoms with E-state index in [9.17, 15) is 4.79 Å². The maximum atomic E-state index is 13.5. The lowest BCUT2D eigenvalue weighted by molar-refractivity contribution is -0.137. The lowest BCUT2D eigenvalue weighted by Gasteiger charge is -2.59. The van der Waals surface area contributed by atoms with Crippen LogP contribution in [0.3, 0.4) is 0 Å². The van der Waals surface area contributed by atoms with Crippen molar-refractivity contribution in [3.8, 4) is 0 Å². The van der Waals surface area contributed by atoms with Gasteiger partial charge in [-0.1, -0.05) is 26.7 Å². The molecule has 0 N–H and O–H groups in total. The third-order valence-electron chi connectivity index (χ3n) is 9.54. The summed E-state index contributed by atoms with van der Waals surface area (Å²) >= 11 is 0. The first-order chi connectivity index (χ1) is 13.5. The molecule has 6 atom stereocenters. The van der Waals surface area contributed by atoms with Crippen LogP contribution in [0.5, 0.6) is 0 Å². The van der Waals surface area contributed by atoms with Crippen molar-refractivity contribution in [2.75, 3.05) is 0 Å². The van der Waals surface area contributed by atoms with Crippen molar-refractivity contribution >= 4 is 11.9 Å². The van der Waals surface area contributed by atoms with Crippen LogP contribution in [0, 0.1) is 34.5 Å². The van der Waals surface area contributed by atoms with Crippen LogP contribution < -0.4 is 0 Å². The molecule has 0 unspecified atom stereocenters. The van der Waals surface area contributed by atoms with E-state index in [0.29, 0.717) is 17.1 Å². The minimum atomic E-state index is -0.119. The van der Waals surface area contributed by atoms with Gasteiger partial charge in [0.05, 0.1) is 6.20 Å². The number of Topliss-reactive ketones (excluding diaryl/α,β-unsaturated/α-hetero) is 1. The number of aryl methyl sites for hydroxylation is 1. The molecule has 0 radical (unpaired) electrons. The van der Waals surface area contributed by atoms with Gasteiger partial charge in [-0.05, 0) is 92.6 Å². The molecule has 0 saturated heterocycles. The quantitative estimate of drug-likeness (QED) is 0.599. The highest BCUT2D eigenvalue weighted by atomic mass is 16.1. The first-order valence-electron chi connectivity index (χ1n) is 11.7. The van der Waals surface area contributed by atoms with Crippen molar-refractivity contribution in [3.63, 3.8) is 0 Å². The summed E-state index contributed by atoms with van der Waals surface area (Å²) in [5.41, 5.74) is 2.58. The first kappa shape index (κ1) is 18.6. The molecule has 3 nitrogen and oxygen atoms in total. The highest BCUT2D eigenvalue weighted by Crippen LogP contribution is 2.66. The van der Waals surface area contributed by atoms with E-state index in [1.807, 2.05) is 10.9 Å². The average Bonchev–Trinajstić information content (AvgIpc) is 3.25. The molecule has 4 aliphatic rings. The largest absolute Gasteiger partial charge is 0.294 e. The van der Waals surface area contributed by atoms with Crippen molar-refractivity contribution < 1.29 is 4.79 Å². The van der Waals surface area contributed by atoms with Gasteiger partial charge in [-0.3, -0.25) is 9.48 Å². The van der Waals surface area contributed by atoms with Gasteiger partial charge in [-0.15, -0.1) is 0 Å². The number of carbonyl (C=O) groups is 1. The van der Waals surface area contributed by atoms with Gasteiger partial charge >= 0.3 is 0 Å². The Morgan fingerprint density at radius 2 is 2.00 bits per heavy atom. The Morgan fingerprint density at radius 1 is 1.14 bits per heavy atom. The van der Waals surface area contributed by atoms with Crippen LogP contribution in [-0.4, -0.2) is 15.6 Å². The van der Waals surface area contributed by atoms with Crippen LogP contribution >= 0.6 is 0 Å². The van der Waals surface area contributed by atoms with Crippen molar-refractivity contribution in [1.82, 2.24) is 9.78 Å². The number of aromatic nitrogens is 2. The number of allylic oxidation sites excluding steroid dienone is 1. The lowest BCUT2D eigenvalue weighted by atomic mass is 9.45. The summed E-state index contributed by atoms with van der Waals surface area (Å²) in [7, 11) is 0. The summed E-state index contributed by atoms with van der Waals surface area (Å²) in [6.45, 7) is 7.88. The van der Waals surface area contributed by atoms with E-state index >= 15 is 0 Å². The van der Waals surface area contributed by atoms with Gasteiger partial charge in [-0.25, -0.2) is 0 Å². The molecule has 1 aromatic heterocycles. The Morgan fingerprint density at radius 3 is 2.79 bits per heavy atom. The summed E-state index contributed by atoms with van der Waals surface area (Å²) in [5, 5.41) is 4.39. The zero-order chi connectivity index (χ0) is 19.5. The molecular formula is C25H36N2O. The van der Waals surface area contributed by atoms with Crippen molar-refractivity contribution in [2.45, 2.75) is 85.1 Å². The van der Waals surface area contributed by atoms with E-state index < -0.39 is 0 Å². The minimum Gasteiger partial charge on any atom is -0.294 e. The van der Waals surface area contributed by atoms with E-state index in [-0.39, 0.29) is 5.41 Å². The van der Waals surface area contributed by atoms with Gasteiger partial charge in [0, 0.05) is 23.7 Å². The number of nitrogens with zero attached hydrogens (tertiary/aromatic N) is 2. The number of hydrogen-bond acceptors (Lipinski definition) is 2. The zero-order valence-electron chi connectivity index (χ0n) is 17.9. The molecule has 0 spiro atoms. The maximum absolute atomic E-state index is 13.5. The lowest BCUT2D eigenvalue weighted by Crippen LogP contribution is -2.52.